The van der Waals surface area contributed by atoms with E-state index in [2.05, 4.69) is 19.8 Å². The van der Waals surface area contributed by atoms with Crippen LogP contribution >= 0.6 is 0 Å². The summed E-state index contributed by atoms with van der Waals surface area (Å²) >= 11 is 0. The van der Waals surface area contributed by atoms with Crippen molar-refractivity contribution in [2.24, 2.45) is 0 Å². The molecule has 3 aliphatic heterocycles. The fraction of sp³-hybridized carbons (Fsp3) is 0.706. The molecule has 9 heteroatoms. The van der Waals surface area contributed by atoms with Gasteiger partial charge in [-0.3, -0.25) is 9.80 Å². The molecule has 142 valence electrons. The van der Waals surface area contributed by atoms with E-state index >= 15 is 0 Å². The molecule has 26 heavy (non-hydrogen) atoms. The van der Waals surface area contributed by atoms with Crippen molar-refractivity contribution < 1.29 is 14.3 Å². The molecule has 4 rings (SSSR count). The lowest BCUT2D eigenvalue weighted by Crippen LogP contribution is -2.41. The van der Waals surface area contributed by atoms with Crippen molar-refractivity contribution in [1.82, 2.24) is 19.8 Å². The number of anilines is 2. The smallest absolute Gasteiger partial charge is 0.410 e. The SMILES string of the molecule is Cc1cc(N2C[C@@H]3OC(=O)N(CCCN4CCOCC4)[C@@H]3C2)nc(N)n1. The van der Waals surface area contributed by atoms with Gasteiger partial charge in [0.15, 0.2) is 0 Å². The van der Waals surface area contributed by atoms with E-state index in [1.165, 1.54) is 0 Å². The molecule has 0 spiro atoms. The van der Waals surface area contributed by atoms with Crippen molar-refractivity contribution in [3.05, 3.63) is 11.8 Å². The Hall–Kier alpha value is -2.13. The summed E-state index contributed by atoms with van der Waals surface area (Å²) in [4.78, 5) is 27.1. The van der Waals surface area contributed by atoms with Crippen molar-refractivity contribution in [1.29, 1.82) is 0 Å². The molecule has 2 N–H and O–H groups in total. The summed E-state index contributed by atoms with van der Waals surface area (Å²) in [5.41, 5.74) is 6.61. The highest BCUT2D eigenvalue weighted by atomic mass is 16.6. The molecule has 9 nitrogen and oxygen atoms in total. The second kappa shape index (κ2) is 7.24. The van der Waals surface area contributed by atoms with Gasteiger partial charge in [-0.05, 0) is 13.3 Å². The molecule has 1 amide bonds. The zero-order chi connectivity index (χ0) is 18.1. The number of aryl methyl sites for hydroxylation is 1. The number of carbonyl (C=O) groups is 1. The lowest BCUT2D eigenvalue weighted by Gasteiger charge is -2.28. The highest BCUT2D eigenvalue weighted by Gasteiger charge is 2.47. The number of nitrogens with zero attached hydrogens (tertiary/aromatic N) is 5. The first-order valence-electron chi connectivity index (χ1n) is 9.23. The van der Waals surface area contributed by atoms with Crippen LogP contribution in [-0.4, -0.2) is 90.5 Å². The Morgan fingerprint density at radius 3 is 2.81 bits per heavy atom. The van der Waals surface area contributed by atoms with Gasteiger partial charge in [0.2, 0.25) is 5.95 Å². The van der Waals surface area contributed by atoms with Crippen LogP contribution < -0.4 is 10.6 Å². The third-order valence-electron chi connectivity index (χ3n) is 5.28. The lowest BCUT2D eigenvalue weighted by atomic mass is 10.2. The number of rotatable bonds is 5. The van der Waals surface area contributed by atoms with Gasteiger partial charge in [-0.1, -0.05) is 0 Å². The quantitative estimate of drug-likeness (QED) is 0.788. The van der Waals surface area contributed by atoms with Gasteiger partial charge in [0.1, 0.15) is 11.9 Å². The van der Waals surface area contributed by atoms with Gasteiger partial charge in [0.05, 0.1) is 25.8 Å². The van der Waals surface area contributed by atoms with Crippen molar-refractivity contribution in [2.45, 2.75) is 25.5 Å². The minimum atomic E-state index is -0.194. The molecule has 0 aromatic carbocycles. The van der Waals surface area contributed by atoms with E-state index in [1.807, 2.05) is 17.9 Å². The second-order valence-corrected chi connectivity index (χ2v) is 7.12. The van der Waals surface area contributed by atoms with Gasteiger partial charge >= 0.3 is 6.09 Å². The standard InChI is InChI=1S/C17H26N6O3/c1-12-9-15(20-16(18)19-12)22-10-13-14(11-22)26-17(24)23(13)4-2-3-21-5-7-25-8-6-21/h9,13-14H,2-8,10-11H2,1H3,(H2,18,19,20)/t13-,14+/m1/s1. The zero-order valence-corrected chi connectivity index (χ0v) is 15.1. The summed E-state index contributed by atoms with van der Waals surface area (Å²) in [7, 11) is 0. The minimum absolute atomic E-state index is 0.0729. The van der Waals surface area contributed by atoms with Gasteiger partial charge < -0.3 is 20.1 Å². The molecule has 2 atom stereocenters. The molecule has 0 aliphatic carbocycles. The molecular weight excluding hydrogens is 336 g/mol. The van der Waals surface area contributed by atoms with Crippen LogP contribution in [-0.2, 0) is 9.47 Å². The fourth-order valence-corrected chi connectivity index (χ4v) is 3.97. The predicted octanol–water partition coefficient (Wildman–Crippen LogP) is 0.0989. The molecule has 0 bridgehead atoms. The maximum Gasteiger partial charge on any atom is 0.410 e. The number of nitrogens with two attached hydrogens (primary N) is 1. The summed E-state index contributed by atoms with van der Waals surface area (Å²) in [6, 6.07) is 1.99. The zero-order valence-electron chi connectivity index (χ0n) is 15.1. The van der Waals surface area contributed by atoms with Crippen molar-refractivity contribution >= 4 is 17.9 Å². The highest BCUT2D eigenvalue weighted by Crippen LogP contribution is 2.30. The maximum absolute atomic E-state index is 12.2. The summed E-state index contributed by atoms with van der Waals surface area (Å²) < 4.78 is 11.0. The van der Waals surface area contributed by atoms with Crippen molar-refractivity contribution in [3.8, 4) is 0 Å². The molecule has 0 radical (unpaired) electrons. The van der Waals surface area contributed by atoms with Crippen molar-refractivity contribution in [3.63, 3.8) is 0 Å². The molecule has 1 aromatic heterocycles. The summed E-state index contributed by atoms with van der Waals surface area (Å²) in [6.07, 6.45) is 0.639. The minimum Gasteiger partial charge on any atom is -0.442 e. The predicted molar refractivity (Wildman–Crippen MR) is 96.0 cm³/mol. The molecule has 0 saturated carbocycles. The number of morpholine rings is 1. The largest absolute Gasteiger partial charge is 0.442 e. The van der Waals surface area contributed by atoms with E-state index in [1.54, 1.807) is 0 Å². The van der Waals surface area contributed by atoms with E-state index in [9.17, 15) is 4.79 Å². The van der Waals surface area contributed by atoms with Crippen LogP contribution in [0.15, 0.2) is 6.07 Å². The summed E-state index contributed by atoms with van der Waals surface area (Å²) in [6.45, 7) is 8.50. The first-order chi connectivity index (χ1) is 12.6. The van der Waals surface area contributed by atoms with E-state index < -0.39 is 0 Å². The van der Waals surface area contributed by atoms with Gasteiger partial charge in [-0.15, -0.1) is 0 Å². The average molecular weight is 362 g/mol. The van der Waals surface area contributed by atoms with E-state index in [-0.39, 0.29) is 24.2 Å². The lowest BCUT2D eigenvalue weighted by molar-refractivity contribution is 0.0363. The second-order valence-electron chi connectivity index (χ2n) is 7.12. The van der Waals surface area contributed by atoms with Crippen LogP contribution in [0.1, 0.15) is 12.1 Å². The Labute approximate surface area is 153 Å². The molecule has 0 unspecified atom stereocenters. The van der Waals surface area contributed by atoms with Crippen LogP contribution in [0.25, 0.3) is 0 Å². The number of nitrogen functional groups attached to an aromatic ring is 1. The Kier molecular flexibility index (Phi) is 4.82. The van der Waals surface area contributed by atoms with Gasteiger partial charge in [0.25, 0.3) is 0 Å². The number of fused-ring (bicyclic) bond motifs is 1. The highest BCUT2D eigenvalue weighted by molar-refractivity contribution is 5.71. The molecular formula is C17H26N6O3. The van der Waals surface area contributed by atoms with E-state index in [0.717, 1.165) is 57.3 Å². The molecule has 3 fully saturated rings. The summed E-state index contributed by atoms with van der Waals surface area (Å²) in [5, 5.41) is 0. The Bertz CT molecular complexity index is 646. The molecule has 1 aromatic rings. The molecule has 3 saturated heterocycles. The van der Waals surface area contributed by atoms with Gasteiger partial charge in [-0.25, -0.2) is 9.78 Å². The molecule has 3 aliphatic rings. The van der Waals surface area contributed by atoms with Gasteiger partial charge in [-0.2, -0.15) is 4.98 Å². The number of aromatic nitrogens is 2. The first-order valence-corrected chi connectivity index (χ1v) is 9.23. The third-order valence-corrected chi connectivity index (χ3v) is 5.28. The number of hydrogen-bond acceptors (Lipinski definition) is 8. The first kappa shape index (κ1) is 17.3. The van der Waals surface area contributed by atoms with E-state index in [0.29, 0.717) is 13.1 Å². The van der Waals surface area contributed by atoms with Crippen LogP contribution in [0, 0.1) is 6.92 Å². The number of amides is 1. The average Bonchev–Trinajstić information content (AvgIpc) is 3.13. The van der Waals surface area contributed by atoms with Crippen LogP contribution in [0.2, 0.25) is 0 Å². The number of carbonyl (C=O) groups excluding carboxylic acids is 1. The van der Waals surface area contributed by atoms with Crippen molar-refractivity contribution in [2.75, 3.05) is 63.1 Å². The number of ether oxygens (including phenoxy) is 2. The van der Waals surface area contributed by atoms with Crippen LogP contribution in [0.5, 0.6) is 0 Å². The normalized spacial score (nSPS) is 26.3. The third kappa shape index (κ3) is 3.54. The topological polar surface area (TPSA) is 97.0 Å². The Balaban J connectivity index is 1.35. The summed E-state index contributed by atoms with van der Waals surface area (Å²) in [5.74, 6) is 1.07. The van der Waals surface area contributed by atoms with Crippen LogP contribution in [0.3, 0.4) is 0 Å². The Morgan fingerprint density at radius 1 is 1.23 bits per heavy atom. The monoisotopic (exact) mass is 362 g/mol. The van der Waals surface area contributed by atoms with Crippen LogP contribution in [0.4, 0.5) is 16.6 Å². The molecule has 4 heterocycles. The maximum atomic E-state index is 12.2. The van der Waals surface area contributed by atoms with Gasteiger partial charge in [0, 0.05) is 44.5 Å². The number of hydrogen-bond donors (Lipinski definition) is 1. The van der Waals surface area contributed by atoms with E-state index in [4.69, 9.17) is 15.2 Å². The fourth-order valence-electron chi connectivity index (χ4n) is 3.97. The Morgan fingerprint density at radius 2 is 2.04 bits per heavy atom.